The SMILES string of the molecule is C[CH2][In]1[C](Cl)=CC=[C]1C(=O)O. The molecule has 0 spiro atoms. The summed E-state index contributed by atoms with van der Waals surface area (Å²) >= 11 is 3.73. The van der Waals surface area contributed by atoms with Crippen LogP contribution in [0.1, 0.15) is 6.92 Å². The zero-order valence-corrected chi connectivity index (χ0v) is 10.2. The normalized spacial score (nSPS) is 16.4. The first kappa shape index (κ1) is 9.20. The summed E-state index contributed by atoms with van der Waals surface area (Å²) in [4.78, 5) is 10.6. The maximum atomic E-state index is 10.6. The Kier molecular flexibility index (Phi) is 3.07. The minimum atomic E-state index is -2.13. The van der Waals surface area contributed by atoms with Crippen LogP contribution in [-0.2, 0) is 4.79 Å². The number of allylic oxidation sites excluding steroid dienone is 2. The van der Waals surface area contributed by atoms with E-state index in [-0.39, 0.29) is 0 Å². The standard InChI is InChI=1S/C5H3ClO2.C2H5.In/c6-4-2-1-3-5(7)8;1-2;/h1-2H,(H,7,8);1H2,2H3;. The van der Waals surface area contributed by atoms with Crippen molar-refractivity contribution in [2.24, 2.45) is 0 Å². The molecule has 0 unspecified atom stereocenters. The Morgan fingerprint density at radius 3 is 2.73 bits per heavy atom. The van der Waals surface area contributed by atoms with E-state index in [4.69, 9.17) is 16.7 Å². The molecule has 1 heterocycles. The first-order valence-electron chi connectivity index (χ1n) is 3.47. The third-order valence-electron chi connectivity index (χ3n) is 1.79. The van der Waals surface area contributed by atoms with Gasteiger partial charge in [0.2, 0.25) is 0 Å². The molecule has 1 rings (SSSR count). The van der Waals surface area contributed by atoms with Crippen LogP contribution in [0.5, 0.6) is 0 Å². The van der Waals surface area contributed by atoms with Crippen molar-refractivity contribution >= 4 is 39.0 Å². The van der Waals surface area contributed by atoms with E-state index in [2.05, 4.69) is 0 Å². The van der Waals surface area contributed by atoms with E-state index in [0.717, 1.165) is 6.97 Å². The number of aliphatic carboxylic acids is 1. The Balaban J connectivity index is 2.81. The molecule has 0 aromatic carbocycles. The number of halogens is 1. The van der Waals surface area contributed by atoms with Gasteiger partial charge in [-0.1, -0.05) is 0 Å². The molecule has 0 fully saturated rings. The fraction of sp³-hybridized carbons (Fsp3) is 0.286. The first-order chi connectivity index (χ1) is 5.16. The third kappa shape index (κ3) is 1.82. The molecule has 2 nitrogen and oxygen atoms in total. The van der Waals surface area contributed by atoms with Gasteiger partial charge in [0.05, 0.1) is 0 Å². The van der Waals surface area contributed by atoms with E-state index in [0.29, 0.717) is 3.33 Å². The van der Waals surface area contributed by atoms with Gasteiger partial charge in [-0.3, -0.25) is 0 Å². The van der Waals surface area contributed by atoms with E-state index >= 15 is 0 Å². The second-order valence-corrected chi connectivity index (χ2v) is 13.0. The molecule has 0 atom stereocenters. The second kappa shape index (κ2) is 3.68. The van der Waals surface area contributed by atoms with Gasteiger partial charge in [0, 0.05) is 0 Å². The second-order valence-electron chi connectivity index (χ2n) is 2.44. The topological polar surface area (TPSA) is 37.3 Å². The van der Waals surface area contributed by atoms with Crippen molar-refractivity contribution in [3.63, 3.8) is 0 Å². The Bertz CT molecular complexity index is 245. The van der Waals surface area contributed by atoms with Gasteiger partial charge in [-0.05, 0) is 0 Å². The summed E-state index contributed by atoms with van der Waals surface area (Å²) < 4.78 is 2.40. The van der Waals surface area contributed by atoms with Gasteiger partial charge in [0.1, 0.15) is 0 Å². The van der Waals surface area contributed by atoms with Crippen LogP contribution in [0.4, 0.5) is 0 Å². The van der Waals surface area contributed by atoms with Crippen molar-refractivity contribution in [2.45, 2.75) is 11.1 Å². The van der Waals surface area contributed by atoms with Gasteiger partial charge < -0.3 is 0 Å². The minimum absolute atomic E-state index is 0.610. The van der Waals surface area contributed by atoms with Gasteiger partial charge in [0.25, 0.3) is 0 Å². The molecule has 0 radical (unpaired) electrons. The van der Waals surface area contributed by atoms with Gasteiger partial charge in [0.15, 0.2) is 0 Å². The summed E-state index contributed by atoms with van der Waals surface area (Å²) in [6, 6.07) is 0. The molecule has 0 amide bonds. The molecule has 0 aliphatic carbocycles. The van der Waals surface area contributed by atoms with Crippen LogP contribution in [0.25, 0.3) is 0 Å². The monoisotopic (exact) mass is 274 g/mol. The quantitative estimate of drug-likeness (QED) is 0.832. The molecule has 0 bridgehead atoms. The van der Waals surface area contributed by atoms with Gasteiger partial charge >= 0.3 is 78.3 Å². The number of carboxylic acid groups (broad SMARTS) is 1. The molecule has 0 aromatic rings. The number of hydrogen-bond donors (Lipinski definition) is 1. The summed E-state index contributed by atoms with van der Waals surface area (Å²) in [6.07, 6.45) is 3.41. The average molecular weight is 274 g/mol. The van der Waals surface area contributed by atoms with Crippen molar-refractivity contribution in [3.8, 4) is 0 Å². The van der Waals surface area contributed by atoms with Crippen molar-refractivity contribution in [2.75, 3.05) is 0 Å². The van der Waals surface area contributed by atoms with E-state index in [1.54, 1.807) is 12.2 Å². The van der Waals surface area contributed by atoms with E-state index in [9.17, 15) is 4.79 Å². The van der Waals surface area contributed by atoms with Crippen LogP contribution in [0, 0.1) is 0 Å². The molecular weight excluding hydrogens is 266 g/mol. The van der Waals surface area contributed by atoms with Gasteiger partial charge in [-0.25, -0.2) is 0 Å². The summed E-state index contributed by atoms with van der Waals surface area (Å²) in [7, 11) is 0. The molecule has 4 heteroatoms. The third-order valence-corrected chi connectivity index (χ3v) is 11.9. The Hall–Kier alpha value is 0.110. The number of rotatable bonds is 2. The van der Waals surface area contributed by atoms with Crippen LogP contribution >= 0.6 is 11.6 Å². The first-order valence-corrected chi connectivity index (χ1v) is 9.47. The zero-order valence-electron chi connectivity index (χ0n) is 6.17. The average Bonchev–Trinajstić information content (AvgIpc) is 2.30. The fourth-order valence-corrected chi connectivity index (χ4v) is 9.01. The van der Waals surface area contributed by atoms with Crippen LogP contribution in [0.15, 0.2) is 18.3 Å². The summed E-state index contributed by atoms with van der Waals surface area (Å²) in [5.41, 5.74) is 0. The van der Waals surface area contributed by atoms with Crippen LogP contribution in [0.3, 0.4) is 0 Å². The van der Waals surface area contributed by atoms with Crippen LogP contribution < -0.4 is 0 Å². The zero-order chi connectivity index (χ0) is 8.43. The Labute approximate surface area is 78.1 Å². The molecule has 58 valence electrons. The molecule has 1 aliphatic rings. The molecule has 11 heavy (non-hydrogen) atoms. The molecule has 1 N–H and O–H groups in total. The van der Waals surface area contributed by atoms with Crippen molar-refractivity contribution in [1.29, 1.82) is 0 Å². The number of carbonyl (C=O) groups is 1. The molecule has 1 aliphatic heterocycles. The van der Waals surface area contributed by atoms with E-state index in [1.807, 2.05) is 6.92 Å². The van der Waals surface area contributed by atoms with Crippen LogP contribution in [-0.4, -0.2) is 32.5 Å². The van der Waals surface area contributed by atoms with Gasteiger partial charge in [-0.2, -0.15) is 0 Å². The van der Waals surface area contributed by atoms with Gasteiger partial charge in [-0.15, -0.1) is 0 Å². The molecule has 0 saturated carbocycles. The predicted molar refractivity (Wildman–Crippen MR) is 45.9 cm³/mol. The number of hydrogen-bond acceptors (Lipinski definition) is 1. The molecule has 0 saturated heterocycles. The van der Waals surface area contributed by atoms with E-state index in [1.165, 1.54) is 0 Å². The summed E-state index contributed by atoms with van der Waals surface area (Å²) in [6.45, 7) is 2.01. The van der Waals surface area contributed by atoms with Crippen molar-refractivity contribution in [3.05, 3.63) is 18.3 Å². The molecular formula is C7H8ClInO2. The Morgan fingerprint density at radius 1 is 1.73 bits per heavy atom. The van der Waals surface area contributed by atoms with Crippen molar-refractivity contribution in [1.82, 2.24) is 0 Å². The predicted octanol–water partition coefficient (Wildman–Crippen LogP) is 1.73. The summed E-state index contributed by atoms with van der Waals surface area (Å²) in [5.74, 6) is -0.778. The van der Waals surface area contributed by atoms with E-state index < -0.39 is 27.4 Å². The fourth-order valence-electron chi connectivity index (χ4n) is 1.19. The molecule has 0 aromatic heterocycles. The Morgan fingerprint density at radius 2 is 2.36 bits per heavy atom. The summed E-state index contributed by atoms with van der Waals surface area (Å²) in [5, 5.41) is 8.72. The van der Waals surface area contributed by atoms with Crippen LogP contribution in [0.2, 0.25) is 4.18 Å². The number of carboxylic acids is 1. The van der Waals surface area contributed by atoms with Crippen molar-refractivity contribution < 1.29 is 9.90 Å². The maximum absolute atomic E-state index is 10.6.